The third-order valence-electron chi connectivity index (χ3n) is 15.1. The van der Waals surface area contributed by atoms with Crippen molar-refractivity contribution in [2.45, 2.75) is 160 Å². The molecule has 23 heteroatoms. The van der Waals surface area contributed by atoms with Crippen LogP contribution in [-0.2, 0) is 43.1 Å². The highest BCUT2D eigenvalue weighted by Crippen LogP contribution is 2.30. The number of carboxylic acid groups (broad SMARTS) is 1. The minimum absolute atomic E-state index is 0.0567. The Morgan fingerprint density at radius 2 is 0.943 bits per heavy atom. The lowest BCUT2D eigenvalue weighted by Crippen LogP contribution is -2.60. The largest absolute Gasteiger partial charge is 0.483 e. The van der Waals surface area contributed by atoms with Crippen molar-refractivity contribution in [3.8, 4) is 33.8 Å². The van der Waals surface area contributed by atoms with Crippen molar-refractivity contribution >= 4 is 81.9 Å². The summed E-state index contributed by atoms with van der Waals surface area (Å²) in [6.07, 6.45) is -0.983. The number of carbonyl (C=O) groups excluding carboxylic acids is 7. The summed E-state index contributed by atoms with van der Waals surface area (Å²) in [7, 11) is 0. The van der Waals surface area contributed by atoms with Crippen molar-refractivity contribution in [3.05, 3.63) is 108 Å². The maximum absolute atomic E-state index is 13.3. The molecule has 0 aliphatic carbocycles. The van der Waals surface area contributed by atoms with Gasteiger partial charge in [-0.3, -0.25) is 48.4 Å². The number of rotatable bonds is 25. The molecule has 10 atom stereocenters. The van der Waals surface area contributed by atoms with Crippen LogP contribution in [0, 0.1) is 23.7 Å². The Morgan fingerprint density at radius 1 is 0.563 bits per heavy atom. The fraction of sp³-hybridized carbons (Fsp3) is 0.500. The Bertz CT molecular complexity index is 2990. The number of Topliss-reactive ketones (excluding diaryl/α,β-unsaturated/α-hetero) is 2. The summed E-state index contributed by atoms with van der Waals surface area (Å²) in [5, 5.41) is 36.9. The number of carbonyl (C=O) groups is 8. The minimum atomic E-state index is -1.75. The Labute approximate surface area is 524 Å². The number of benzene rings is 4. The Hall–Kier alpha value is -6.65. The van der Waals surface area contributed by atoms with E-state index in [1.165, 1.54) is 10.0 Å². The summed E-state index contributed by atoms with van der Waals surface area (Å²) in [5.41, 5.74) is 10.9. The average Bonchev–Trinajstić information content (AvgIpc) is 3.45. The van der Waals surface area contributed by atoms with Crippen LogP contribution in [-0.4, -0.2) is 132 Å². The van der Waals surface area contributed by atoms with Crippen molar-refractivity contribution in [2.24, 2.45) is 23.7 Å². The van der Waals surface area contributed by atoms with Gasteiger partial charge in [0.25, 0.3) is 11.8 Å². The topological polar surface area (TPSA) is 280 Å². The number of hydrogen-bond acceptors (Lipinski definition) is 15. The summed E-state index contributed by atoms with van der Waals surface area (Å²) >= 11 is 16.9. The van der Waals surface area contributed by atoms with Crippen molar-refractivity contribution in [1.82, 2.24) is 31.5 Å². The third-order valence-corrected chi connectivity index (χ3v) is 15.4. The number of ether oxygens (including phenoxy) is 3. The number of ketones is 2. The van der Waals surface area contributed by atoms with Crippen LogP contribution in [0.5, 0.6) is 11.5 Å². The van der Waals surface area contributed by atoms with E-state index in [2.05, 4.69) is 21.5 Å². The van der Waals surface area contributed by atoms with Gasteiger partial charge in [0.1, 0.15) is 42.3 Å². The van der Waals surface area contributed by atoms with Gasteiger partial charge in [0, 0.05) is 37.8 Å². The average molecular weight is 1270 g/mol. The van der Waals surface area contributed by atoms with Gasteiger partial charge in [-0.2, -0.15) is 0 Å². The normalized spacial score (nSPS) is 18.0. The van der Waals surface area contributed by atoms with Crippen LogP contribution in [0.15, 0.2) is 97.1 Å². The molecule has 4 amide bonds. The van der Waals surface area contributed by atoms with Gasteiger partial charge in [-0.1, -0.05) is 123 Å². The van der Waals surface area contributed by atoms with Crippen LogP contribution >= 0.6 is 34.8 Å². The van der Waals surface area contributed by atoms with Crippen LogP contribution in [0.2, 0.25) is 0 Å². The van der Waals surface area contributed by atoms with Crippen LogP contribution in [0.4, 0.5) is 0 Å². The van der Waals surface area contributed by atoms with Crippen LogP contribution in [0.25, 0.3) is 22.3 Å². The van der Waals surface area contributed by atoms with Gasteiger partial charge in [0.05, 0.1) is 12.2 Å². The second-order valence-electron chi connectivity index (χ2n) is 22.9. The van der Waals surface area contributed by atoms with E-state index in [-0.39, 0.29) is 36.2 Å². The molecule has 0 unspecified atom stereocenters. The summed E-state index contributed by atoms with van der Waals surface area (Å²) in [6, 6.07) is 26.4. The van der Waals surface area contributed by atoms with Crippen LogP contribution in [0.1, 0.15) is 131 Å². The zero-order valence-corrected chi connectivity index (χ0v) is 53.2. The van der Waals surface area contributed by atoms with E-state index in [0.717, 1.165) is 33.4 Å². The number of alkyl halides is 3. The van der Waals surface area contributed by atoms with Gasteiger partial charge in [-0.25, -0.2) is 10.9 Å². The number of aliphatic carboxylic acids is 1. The van der Waals surface area contributed by atoms with E-state index >= 15 is 0 Å². The molecule has 2 heterocycles. The van der Waals surface area contributed by atoms with E-state index in [1.54, 1.807) is 65.8 Å². The molecular formula is C64H83Cl3N6O14. The van der Waals surface area contributed by atoms with Crippen molar-refractivity contribution in [1.29, 1.82) is 0 Å². The highest BCUT2D eigenvalue weighted by Gasteiger charge is 2.37. The molecule has 20 nitrogen and oxygen atoms in total. The van der Waals surface area contributed by atoms with Gasteiger partial charge in [-0.15, -0.1) is 0 Å². The summed E-state index contributed by atoms with van der Waals surface area (Å²) in [6.45, 7) is 17.4. The number of aliphatic hydroxyl groups excluding tert-OH is 2. The van der Waals surface area contributed by atoms with E-state index in [4.69, 9.17) is 49.0 Å². The summed E-state index contributed by atoms with van der Waals surface area (Å²) in [5.74, 6) is -4.64. The minimum Gasteiger partial charge on any atom is -0.483 e. The molecule has 4 aromatic rings. The summed E-state index contributed by atoms with van der Waals surface area (Å²) in [4.78, 5) is 102. The fourth-order valence-electron chi connectivity index (χ4n) is 9.70. The van der Waals surface area contributed by atoms with Gasteiger partial charge in [0.15, 0.2) is 23.8 Å². The number of halogens is 3. The zero-order chi connectivity index (χ0) is 64.4. The lowest BCUT2D eigenvalue weighted by molar-refractivity contribution is -0.153. The molecule has 474 valence electrons. The van der Waals surface area contributed by atoms with Crippen molar-refractivity contribution in [3.63, 3.8) is 0 Å². The molecule has 0 aromatic heterocycles. The van der Waals surface area contributed by atoms with Gasteiger partial charge in [0.2, 0.25) is 15.6 Å². The molecule has 87 heavy (non-hydrogen) atoms. The third kappa shape index (κ3) is 21.9. The van der Waals surface area contributed by atoms with Crippen molar-refractivity contribution in [2.75, 3.05) is 19.7 Å². The van der Waals surface area contributed by atoms with E-state index in [0.29, 0.717) is 50.3 Å². The van der Waals surface area contributed by atoms with Gasteiger partial charge < -0.3 is 40.2 Å². The Kier molecular flexibility index (Phi) is 27.0. The predicted molar refractivity (Wildman–Crippen MR) is 331 cm³/mol. The zero-order valence-electron chi connectivity index (χ0n) is 50.9. The van der Waals surface area contributed by atoms with Gasteiger partial charge >= 0.3 is 11.9 Å². The molecule has 2 saturated heterocycles. The molecule has 2 fully saturated rings. The van der Waals surface area contributed by atoms with Crippen LogP contribution in [0.3, 0.4) is 0 Å². The Morgan fingerprint density at radius 3 is 1.30 bits per heavy atom. The molecule has 7 N–H and O–H groups in total. The smallest absolute Gasteiger partial charge is 0.325 e. The molecule has 4 aromatic carbocycles. The number of amides is 4. The number of aliphatic hydroxyl groups is 2. The SMILES string of the molecule is CC(C)[C@H](CC(=O)[C@@H](C)Oc1ccc(-c2cccc([C@@H](C)O)c2)cc1)C(=O)N[C@@H](C)C(=O)N1CCC[C@@H](C(=O)O)N1.CC(C)[C@H](CC(=O)[C@@H](C)Oc1ccc(-c2cccc([C@@H](C)O)c2)cc1)C(=O)N[C@@H](C)C(=O)N1CCC[C@@H](C(=O)OCC(Cl)(Cl)Cl)N1. The van der Waals surface area contributed by atoms with Crippen LogP contribution < -0.4 is 31.0 Å². The second-order valence-corrected chi connectivity index (χ2v) is 25.4. The standard InChI is InChI=1S/C33H42Cl3N3O7.C31H41N3O7/c1-19(2)27(30(42)37-20(3)31(43)39-15-7-10-28(38-39)32(44)45-18-33(34,35)36)17-29(41)22(5)46-26-13-11-23(12-14-26)25-9-6-8-24(16-25)21(4)40;1-18(2)26(29(37)32-19(3)30(38)34-15-7-10-27(33-34)31(39)40)17-28(36)21(5)41-25-13-11-22(12-14-25)24-9-6-8-23(16-24)20(4)35/h6,8-9,11-14,16,19-22,27-28,38,40H,7,10,15,17-18H2,1-5H3,(H,37,42);6,8-9,11-14,16,18-21,26-27,33,35H,7,10,15,17H2,1-5H3,(H,32,37)(H,39,40)/t20-,21+,22+,27-,28-;19-,20+,21+,26-,27-/m00/s1. The number of hydrogen-bond donors (Lipinski definition) is 7. The molecule has 0 saturated carbocycles. The molecule has 2 aliphatic rings. The first kappa shape index (κ1) is 71.1. The van der Waals surface area contributed by atoms with E-state index in [1.807, 2.05) is 100 Å². The first-order chi connectivity index (χ1) is 40.9. The monoisotopic (exact) mass is 1260 g/mol. The maximum Gasteiger partial charge on any atom is 0.325 e. The molecule has 0 radical (unpaired) electrons. The first-order valence-corrected chi connectivity index (χ1v) is 30.4. The number of carboxylic acids is 1. The highest BCUT2D eigenvalue weighted by atomic mass is 35.6. The first-order valence-electron chi connectivity index (χ1n) is 29.3. The predicted octanol–water partition coefficient (Wildman–Crippen LogP) is 8.81. The molecule has 2 aliphatic heterocycles. The van der Waals surface area contributed by atoms with Gasteiger partial charge in [-0.05, 0) is 149 Å². The number of esters is 1. The molecule has 0 bridgehead atoms. The second kappa shape index (κ2) is 33.1. The fourth-order valence-corrected chi connectivity index (χ4v) is 9.86. The lowest BCUT2D eigenvalue weighted by atomic mass is 9.88. The summed E-state index contributed by atoms with van der Waals surface area (Å²) < 4.78 is 15.1. The quantitative estimate of drug-likeness (QED) is 0.0241. The van der Waals surface area contributed by atoms with E-state index in [9.17, 15) is 53.7 Å². The highest BCUT2D eigenvalue weighted by molar-refractivity contribution is 6.67. The van der Waals surface area contributed by atoms with E-state index < -0.39 is 106 Å². The number of hydrazine groups is 2. The van der Waals surface area contributed by atoms with Crippen molar-refractivity contribution < 1.29 is 67.9 Å². The molecular weight excluding hydrogens is 1180 g/mol. The lowest BCUT2D eigenvalue weighted by Gasteiger charge is -2.34. The number of nitrogens with zero attached hydrogens (tertiary/aromatic N) is 2. The Balaban J connectivity index is 0.000000319. The molecule has 0 spiro atoms. The molecule has 6 rings (SSSR count). The maximum atomic E-state index is 13.3. The number of nitrogens with one attached hydrogen (secondary N) is 4.